The summed E-state index contributed by atoms with van der Waals surface area (Å²) in [5, 5.41) is 0. The van der Waals surface area contributed by atoms with Gasteiger partial charge in [-0.15, -0.1) is 0 Å². The minimum absolute atomic E-state index is 0.320. The van der Waals surface area contributed by atoms with Gasteiger partial charge in [0.1, 0.15) is 0 Å². The van der Waals surface area contributed by atoms with E-state index in [0.717, 1.165) is 28.8 Å². The molecule has 0 aromatic heterocycles. The highest BCUT2D eigenvalue weighted by Gasteiger charge is 2.21. The molecule has 2 N–H and O–H groups in total. The molecule has 130 valence electrons. The van der Waals surface area contributed by atoms with Gasteiger partial charge in [0.25, 0.3) is 0 Å². The fraction of sp³-hybridized carbons (Fsp3) is 0.667. The molecule has 0 aliphatic heterocycles. The lowest BCUT2D eigenvalue weighted by Gasteiger charge is -2.22. The van der Waals surface area contributed by atoms with Crippen molar-refractivity contribution >= 4 is 11.5 Å². The summed E-state index contributed by atoms with van der Waals surface area (Å²) in [5.41, 5.74) is 9.94. The molecule has 1 aromatic rings. The Morgan fingerprint density at radius 3 is 2.39 bits per heavy atom. The molecule has 0 bridgehead atoms. The van der Waals surface area contributed by atoms with Crippen molar-refractivity contribution < 1.29 is 4.79 Å². The van der Waals surface area contributed by atoms with Gasteiger partial charge in [0.05, 0.1) is 0 Å². The molecule has 2 heteroatoms. The van der Waals surface area contributed by atoms with E-state index in [1.165, 1.54) is 32.1 Å². The molecule has 0 spiro atoms. The molecule has 0 saturated heterocycles. The lowest BCUT2D eigenvalue weighted by molar-refractivity contribution is 0.0949. The van der Waals surface area contributed by atoms with E-state index in [9.17, 15) is 4.79 Å². The van der Waals surface area contributed by atoms with Crippen LogP contribution in [0, 0.1) is 12.8 Å². The van der Waals surface area contributed by atoms with Crippen molar-refractivity contribution in [1.82, 2.24) is 0 Å². The zero-order valence-corrected chi connectivity index (χ0v) is 15.7. The van der Waals surface area contributed by atoms with Crippen molar-refractivity contribution in [2.45, 2.75) is 85.5 Å². The summed E-state index contributed by atoms with van der Waals surface area (Å²) < 4.78 is 0. The lowest BCUT2D eigenvalue weighted by Crippen LogP contribution is -2.15. The number of ketones is 1. The zero-order valence-electron chi connectivity index (χ0n) is 15.7. The van der Waals surface area contributed by atoms with Gasteiger partial charge in [-0.2, -0.15) is 0 Å². The number of benzene rings is 1. The van der Waals surface area contributed by atoms with Crippen LogP contribution in [0.15, 0.2) is 12.1 Å². The van der Waals surface area contributed by atoms with Crippen LogP contribution in [0.3, 0.4) is 0 Å². The largest absolute Gasteiger partial charge is 0.399 e. The Morgan fingerprint density at radius 2 is 1.83 bits per heavy atom. The van der Waals surface area contributed by atoms with Crippen LogP contribution < -0.4 is 5.73 Å². The molecule has 1 aromatic carbocycles. The Kier molecular flexibility index (Phi) is 8.36. The van der Waals surface area contributed by atoms with Crippen molar-refractivity contribution in [1.29, 1.82) is 0 Å². The average molecular weight is 318 g/mol. The molecule has 1 unspecified atom stereocenters. The molecular weight excluding hydrogens is 282 g/mol. The minimum Gasteiger partial charge on any atom is -0.399 e. The predicted octanol–water partition coefficient (Wildman–Crippen LogP) is 6.27. The molecule has 0 radical (unpaired) electrons. The van der Waals surface area contributed by atoms with Crippen LogP contribution >= 0.6 is 0 Å². The van der Waals surface area contributed by atoms with Gasteiger partial charge in [-0.3, -0.25) is 4.79 Å². The molecule has 0 amide bonds. The molecule has 1 atom stereocenters. The van der Waals surface area contributed by atoms with Crippen LogP contribution in [0.4, 0.5) is 5.69 Å². The number of anilines is 1. The highest BCUT2D eigenvalue weighted by Crippen LogP contribution is 2.32. The third kappa shape index (κ3) is 5.37. The molecule has 0 heterocycles. The van der Waals surface area contributed by atoms with Gasteiger partial charge < -0.3 is 5.73 Å². The lowest BCUT2D eigenvalue weighted by atomic mass is 9.82. The van der Waals surface area contributed by atoms with Crippen LogP contribution in [0.1, 0.15) is 100 Å². The number of rotatable bonds is 5. The number of nitrogens with two attached hydrogens (primary N) is 1. The van der Waals surface area contributed by atoms with Crippen LogP contribution in [0.25, 0.3) is 0 Å². The van der Waals surface area contributed by atoms with Crippen molar-refractivity contribution in [3.05, 3.63) is 28.8 Å². The van der Waals surface area contributed by atoms with Crippen LogP contribution in [0.2, 0.25) is 0 Å². The van der Waals surface area contributed by atoms with Crippen LogP contribution in [-0.4, -0.2) is 5.78 Å². The van der Waals surface area contributed by atoms with Gasteiger partial charge in [0, 0.05) is 17.7 Å². The number of Topliss-reactive ketones (excluding diaryl/α,β-unsaturated/α-hetero) is 1. The molecule has 1 aliphatic carbocycles. The molecule has 23 heavy (non-hydrogen) atoms. The van der Waals surface area contributed by atoms with E-state index in [2.05, 4.69) is 13.8 Å². The quantitative estimate of drug-likeness (QED) is 0.513. The van der Waals surface area contributed by atoms with E-state index < -0.39 is 0 Å². The fourth-order valence-electron chi connectivity index (χ4n) is 3.37. The standard InChI is InChI=1S/C19H29NO.C2H6/c1-4-13(2)16-12-18(20)14(3)10-17(16)19(21)11-15-8-6-5-7-9-15;1-2/h10,12-13,15H,4-9,11,20H2,1-3H3;1-2H3. The number of hydrogen-bond donors (Lipinski definition) is 1. The van der Waals surface area contributed by atoms with Gasteiger partial charge >= 0.3 is 0 Å². The summed E-state index contributed by atoms with van der Waals surface area (Å²) in [4.78, 5) is 12.8. The predicted molar refractivity (Wildman–Crippen MR) is 101 cm³/mol. The summed E-state index contributed by atoms with van der Waals surface area (Å²) >= 11 is 0. The van der Waals surface area contributed by atoms with Crippen molar-refractivity contribution in [3.8, 4) is 0 Å². The maximum atomic E-state index is 12.8. The highest BCUT2D eigenvalue weighted by atomic mass is 16.1. The summed E-state index contributed by atoms with van der Waals surface area (Å²) in [5.74, 6) is 1.30. The number of carbonyl (C=O) groups is 1. The number of carbonyl (C=O) groups excluding carboxylic acids is 1. The van der Waals surface area contributed by atoms with E-state index >= 15 is 0 Å². The third-order valence-corrected chi connectivity index (χ3v) is 5.08. The molecule has 2 nitrogen and oxygen atoms in total. The van der Waals surface area contributed by atoms with Gasteiger partial charge in [-0.25, -0.2) is 0 Å². The normalized spacial score (nSPS) is 16.4. The van der Waals surface area contributed by atoms with E-state index in [1.54, 1.807) is 0 Å². The second-order valence-corrected chi connectivity index (χ2v) is 6.74. The smallest absolute Gasteiger partial charge is 0.163 e. The van der Waals surface area contributed by atoms with E-state index in [0.29, 0.717) is 24.0 Å². The van der Waals surface area contributed by atoms with Crippen molar-refractivity contribution in [3.63, 3.8) is 0 Å². The highest BCUT2D eigenvalue weighted by molar-refractivity contribution is 5.98. The number of aryl methyl sites for hydroxylation is 1. The first kappa shape index (κ1) is 19.7. The summed E-state index contributed by atoms with van der Waals surface area (Å²) in [6, 6.07) is 4.04. The zero-order chi connectivity index (χ0) is 17.4. The van der Waals surface area contributed by atoms with Crippen molar-refractivity contribution in [2.24, 2.45) is 5.92 Å². The molecule has 1 saturated carbocycles. The SMILES string of the molecule is CC.CCC(C)c1cc(N)c(C)cc1C(=O)CC1CCCCC1. The fourth-order valence-corrected chi connectivity index (χ4v) is 3.37. The maximum absolute atomic E-state index is 12.8. The molecular formula is C21H35NO. The Morgan fingerprint density at radius 1 is 1.22 bits per heavy atom. The monoisotopic (exact) mass is 317 g/mol. The van der Waals surface area contributed by atoms with Gasteiger partial charge in [0.2, 0.25) is 0 Å². The van der Waals surface area contributed by atoms with Gasteiger partial charge in [-0.1, -0.05) is 59.8 Å². The number of nitrogen functional groups attached to an aromatic ring is 1. The topological polar surface area (TPSA) is 43.1 Å². The van der Waals surface area contributed by atoms with Crippen LogP contribution in [-0.2, 0) is 0 Å². The van der Waals surface area contributed by atoms with Gasteiger partial charge in [-0.05, 0) is 48.4 Å². The van der Waals surface area contributed by atoms with E-state index in [-0.39, 0.29) is 0 Å². The first-order valence-corrected chi connectivity index (χ1v) is 9.46. The minimum atomic E-state index is 0.320. The van der Waals surface area contributed by atoms with Gasteiger partial charge in [0.15, 0.2) is 5.78 Å². The Balaban J connectivity index is 0.00000127. The molecule has 2 rings (SSSR count). The summed E-state index contributed by atoms with van der Waals surface area (Å²) in [7, 11) is 0. The summed E-state index contributed by atoms with van der Waals surface area (Å²) in [6.45, 7) is 10.3. The Labute approximate surface area is 142 Å². The third-order valence-electron chi connectivity index (χ3n) is 5.08. The second kappa shape index (κ2) is 9.75. The van der Waals surface area contributed by atoms with Crippen molar-refractivity contribution in [2.75, 3.05) is 5.73 Å². The average Bonchev–Trinajstić information content (AvgIpc) is 2.58. The molecule has 1 aliphatic rings. The first-order chi connectivity index (χ1) is 11.0. The van der Waals surface area contributed by atoms with E-state index in [1.807, 2.05) is 32.9 Å². The van der Waals surface area contributed by atoms with E-state index in [4.69, 9.17) is 5.73 Å². The first-order valence-electron chi connectivity index (χ1n) is 9.46. The Bertz CT molecular complexity index is 501. The number of hydrogen-bond acceptors (Lipinski definition) is 2. The summed E-state index contributed by atoms with van der Waals surface area (Å²) in [6.07, 6.45) is 8.10. The Hall–Kier alpha value is -1.31. The maximum Gasteiger partial charge on any atom is 0.163 e. The molecule has 1 fully saturated rings. The van der Waals surface area contributed by atoms with Crippen LogP contribution in [0.5, 0.6) is 0 Å². The second-order valence-electron chi connectivity index (χ2n) is 6.74.